The van der Waals surface area contributed by atoms with E-state index in [0.717, 1.165) is 0 Å². The molecule has 2 amide bonds. The lowest BCUT2D eigenvalue weighted by Crippen LogP contribution is -2.25. The largest absolute Gasteiger partial charge is 0.482 e. The molecular formula is C13H17Cl2N3O3. The first-order chi connectivity index (χ1) is 9.45. The fraction of sp³-hybridized carbons (Fsp3) is 0.385. The molecule has 0 saturated carbocycles. The van der Waals surface area contributed by atoms with Crippen LogP contribution in [-0.2, 0) is 9.59 Å². The molecule has 1 heterocycles. The number of benzene rings is 1. The maximum Gasteiger partial charge on any atom is 0.262 e. The van der Waals surface area contributed by atoms with Crippen molar-refractivity contribution in [3.05, 3.63) is 17.2 Å². The molecular weight excluding hydrogens is 317 g/mol. The van der Waals surface area contributed by atoms with Gasteiger partial charge in [-0.1, -0.05) is 11.6 Å². The topological polar surface area (TPSA) is 93.5 Å². The third-order valence-electron chi connectivity index (χ3n) is 2.80. The van der Waals surface area contributed by atoms with Crippen LogP contribution < -0.4 is 21.1 Å². The molecule has 0 saturated heterocycles. The van der Waals surface area contributed by atoms with E-state index in [4.69, 9.17) is 22.1 Å². The zero-order chi connectivity index (χ0) is 14.7. The average Bonchev–Trinajstić information content (AvgIpc) is 2.37. The summed E-state index contributed by atoms with van der Waals surface area (Å²) in [5.74, 6) is 0.0859. The Hall–Kier alpha value is -1.50. The van der Waals surface area contributed by atoms with E-state index in [1.165, 1.54) is 0 Å². The molecule has 0 bridgehead atoms. The molecule has 1 aliphatic heterocycles. The van der Waals surface area contributed by atoms with Crippen LogP contribution in [-0.4, -0.2) is 24.5 Å². The molecule has 4 N–H and O–H groups in total. The standard InChI is InChI=1S/C13H16ClN3O3.ClH/c1-7(15)2-3-12(18)16-9-5-11-10(4-8(9)14)17-13(19)6-20-11;/h4-5,7H,2-3,6,15H2,1H3,(H,16,18)(H,17,19);1H. The molecule has 1 aromatic rings. The Labute approximate surface area is 133 Å². The van der Waals surface area contributed by atoms with Crippen LogP contribution >= 0.6 is 24.0 Å². The molecule has 6 nitrogen and oxygen atoms in total. The van der Waals surface area contributed by atoms with Crippen molar-refractivity contribution in [2.45, 2.75) is 25.8 Å². The molecule has 0 fully saturated rings. The zero-order valence-electron chi connectivity index (χ0n) is 11.4. The minimum atomic E-state index is -0.234. The minimum Gasteiger partial charge on any atom is -0.482 e. The second kappa shape index (κ2) is 7.49. The van der Waals surface area contributed by atoms with Crippen LogP contribution in [0, 0.1) is 0 Å². The molecule has 116 valence electrons. The lowest BCUT2D eigenvalue weighted by Gasteiger charge is -2.19. The van der Waals surface area contributed by atoms with E-state index in [2.05, 4.69) is 10.6 Å². The Bertz CT molecular complexity index is 550. The van der Waals surface area contributed by atoms with Gasteiger partial charge in [0.1, 0.15) is 5.75 Å². The fourth-order valence-corrected chi connectivity index (χ4v) is 1.98. The quantitative estimate of drug-likeness (QED) is 0.787. The third-order valence-corrected chi connectivity index (χ3v) is 3.12. The summed E-state index contributed by atoms with van der Waals surface area (Å²) in [6, 6.07) is 3.12. The summed E-state index contributed by atoms with van der Waals surface area (Å²) in [5, 5.41) is 5.69. The summed E-state index contributed by atoms with van der Waals surface area (Å²) < 4.78 is 5.27. The summed E-state index contributed by atoms with van der Waals surface area (Å²) in [6.45, 7) is 1.79. The van der Waals surface area contributed by atoms with Crippen molar-refractivity contribution >= 4 is 47.2 Å². The molecule has 1 atom stereocenters. The van der Waals surface area contributed by atoms with Crippen molar-refractivity contribution in [2.24, 2.45) is 5.73 Å². The molecule has 0 aliphatic carbocycles. The second-order valence-electron chi connectivity index (χ2n) is 4.73. The SMILES string of the molecule is CC(N)CCC(=O)Nc1cc2c(cc1Cl)NC(=O)CO2.Cl. The van der Waals surface area contributed by atoms with Gasteiger partial charge in [0.25, 0.3) is 5.91 Å². The number of anilines is 2. The van der Waals surface area contributed by atoms with E-state index in [0.29, 0.717) is 35.0 Å². The van der Waals surface area contributed by atoms with Gasteiger partial charge in [-0.15, -0.1) is 12.4 Å². The van der Waals surface area contributed by atoms with Crippen molar-refractivity contribution in [3.8, 4) is 5.75 Å². The molecule has 1 aliphatic rings. The first kappa shape index (κ1) is 17.6. The van der Waals surface area contributed by atoms with Crippen molar-refractivity contribution in [2.75, 3.05) is 17.2 Å². The average molecular weight is 334 g/mol. The van der Waals surface area contributed by atoms with Crippen LogP contribution in [0.15, 0.2) is 12.1 Å². The highest BCUT2D eigenvalue weighted by Crippen LogP contribution is 2.36. The molecule has 8 heteroatoms. The van der Waals surface area contributed by atoms with Gasteiger partial charge in [-0.2, -0.15) is 0 Å². The number of carbonyl (C=O) groups is 2. The molecule has 2 rings (SSSR count). The van der Waals surface area contributed by atoms with Crippen molar-refractivity contribution < 1.29 is 14.3 Å². The van der Waals surface area contributed by atoms with E-state index < -0.39 is 0 Å². The zero-order valence-corrected chi connectivity index (χ0v) is 13.0. The van der Waals surface area contributed by atoms with Gasteiger partial charge in [-0.05, 0) is 19.4 Å². The van der Waals surface area contributed by atoms with E-state index in [1.54, 1.807) is 12.1 Å². The summed E-state index contributed by atoms with van der Waals surface area (Å²) in [4.78, 5) is 22.9. The van der Waals surface area contributed by atoms with E-state index in [1.807, 2.05) is 6.92 Å². The number of amides is 2. The predicted octanol–water partition coefficient (Wildman–Crippen LogP) is 2.16. The Kier molecular flexibility index (Phi) is 6.26. The number of hydrogen-bond donors (Lipinski definition) is 3. The van der Waals surface area contributed by atoms with Gasteiger partial charge >= 0.3 is 0 Å². The summed E-state index contributed by atoms with van der Waals surface area (Å²) in [7, 11) is 0. The van der Waals surface area contributed by atoms with Gasteiger partial charge in [0.05, 0.1) is 16.4 Å². The molecule has 0 aromatic heterocycles. The number of nitrogens with one attached hydrogen (secondary N) is 2. The van der Waals surface area contributed by atoms with Gasteiger partial charge in [0, 0.05) is 18.5 Å². The molecule has 1 aromatic carbocycles. The molecule has 21 heavy (non-hydrogen) atoms. The fourth-order valence-electron chi connectivity index (χ4n) is 1.77. The Morgan fingerprint density at radius 3 is 2.95 bits per heavy atom. The number of fused-ring (bicyclic) bond motifs is 1. The van der Waals surface area contributed by atoms with E-state index >= 15 is 0 Å². The highest BCUT2D eigenvalue weighted by molar-refractivity contribution is 6.34. The highest BCUT2D eigenvalue weighted by Gasteiger charge is 2.19. The van der Waals surface area contributed by atoms with Crippen molar-refractivity contribution in [1.82, 2.24) is 0 Å². The first-order valence-corrected chi connectivity index (χ1v) is 6.65. The van der Waals surface area contributed by atoms with Crippen LogP contribution in [0.2, 0.25) is 5.02 Å². The summed E-state index contributed by atoms with van der Waals surface area (Å²) in [5.41, 5.74) is 6.56. The number of carbonyl (C=O) groups excluding carboxylic acids is 2. The van der Waals surface area contributed by atoms with Crippen LogP contribution in [0.25, 0.3) is 0 Å². The molecule has 1 unspecified atom stereocenters. The smallest absolute Gasteiger partial charge is 0.262 e. The summed E-state index contributed by atoms with van der Waals surface area (Å²) in [6.07, 6.45) is 0.920. The normalized spacial score (nSPS) is 14.1. The van der Waals surface area contributed by atoms with Crippen molar-refractivity contribution in [3.63, 3.8) is 0 Å². The van der Waals surface area contributed by atoms with Gasteiger partial charge in [-0.3, -0.25) is 9.59 Å². The lowest BCUT2D eigenvalue weighted by molar-refractivity contribution is -0.118. The maximum atomic E-state index is 11.8. The van der Waals surface area contributed by atoms with Crippen LogP contribution in [0.3, 0.4) is 0 Å². The van der Waals surface area contributed by atoms with Crippen LogP contribution in [0.4, 0.5) is 11.4 Å². The van der Waals surface area contributed by atoms with E-state index in [-0.39, 0.29) is 36.9 Å². The van der Waals surface area contributed by atoms with E-state index in [9.17, 15) is 9.59 Å². The highest BCUT2D eigenvalue weighted by atomic mass is 35.5. The summed E-state index contributed by atoms with van der Waals surface area (Å²) >= 11 is 6.07. The molecule has 0 spiro atoms. The van der Waals surface area contributed by atoms with Gasteiger partial charge < -0.3 is 21.1 Å². The van der Waals surface area contributed by atoms with Gasteiger partial charge in [0.2, 0.25) is 5.91 Å². The van der Waals surface area contributed by atoms with Crippen LogP contribution in [0.5, 0.6) is 5.75 Å². The Morgan fingerprint density at radius 2 is 2.29 bits per heavy atom. The first-order valence-electron chi connectivity index (χ1n) is 6.27. The van der Waals surface area contributed by atoms with Gasteiger partial charge in [0.15, 0.2) is 6.61 Å². The third kappa shape index (κ3) is 4.77. The minimum absolute atomic E-state index is 0. The predicted molar refractivity (Wildman–Crippen MR) is 84.3 cm³/mol. The number of halogens is 2. The number of ether oxygens (including phenoxy) is 1. The second-order valence-corrected chi connectivity index (χ2v) is 5.14. The monoisotopic (exact) mass is 333 g/mol. The maximum absolute atomic E-state index is 11.8. The Morgan fingerprint density at radius 1 is 1.57 bits per heavy atom. The lowest BCUT2D eigenvalue weighted by atomic mass is 10.2. The van der Waals surface area contributed by atoms with Gasteiger partial charge in [-0.25, -0.2) is 0 Å². The Balaban J connectivity index is 0.00000220. The number of nitrogens with two attached hydrogens (primary N) is 1. The number of rotatable bonds is 4. The molecule has 0 radical (unpaired) electrons. The van der Waals surface area contributed by atoms with Crippen LogP contribution in [0.1, 0.15) is 19.8 Å². The number of hydrogen-bond acceptors (Lipinski definition) is 4. The van der Waals surface area contributed by atoms with Crippen molar-refractivity contribution in [1.29, 1.82) is 0 Å².